The van der Waals surface area contributed by atoms with Gasteiger partial charge in [0.05, 0.1) is 48.2 Å². The zero-order valence-electron chi connectivity index (χ0n) is 26.2. The molecular weight excluding hydrogens is 584 g/mol. The van der Waals surface area contributed by atoms with Crippen LogP contribution in [0.1, 0.15) is 74.4 Å². The van der Waals surface area contributed by atoms with E-state index in [9.17, 15) is 14.4 Å². The fourth-order valence-electron chi connectivity index (χ4n) is 6.23. The maximum Gasteiger partial charge on any atom is 0.407 e. The lowest BCUT2D eigenvalue weighted by molar-refractivity contribution is -0.134. The highest BCUT2D eigenvalue weighted by Gasteiger charge is 2.35. The van der Waals surface area contributed by atoms with Gasteiger partial charge in [0.2, 0.25) is 11.8 Å². The Hall–Kier alpha value is -5.15. The van der Waals surface area contributed by atoms with Gasteiger partial charge >= 0.3 is 6.09 Å². The Bertz CT molecular complexity index is 1820. The van der Waals surface area contributed by atoms with Gasteiger partial charge in [-0.25, -0.2) is 14.8 Å². The molecule has 12 heteroatoms. The summed E-state index contributed by atoms with van der Waals surface area (Å²) in [6.45, 7) is 4.66. The zero-order chi connectivity index (χ0) is 32.4. The molecule has 4 aromatic rings. The lowest BCUT2D eigenvalue weighted by atomic mass is 10.1. The normalized spacial score (nSPS) is 19.0. The molecule has 2 aromatic carbocycles. The number of carbonyl (C=O) groups is 3. The molecule has 0 saturated carbocycles. The summed E-state index contributed by atoms with van der Waals surface area (Å²) in [4.78, 5) is 56.9. The van der Waals surface area contributed by atoms with Crippen LogP contribution in [0.3, 0.4) is 0 Å². The van der Waals surface area contributed by atoms with Crippen molar-refractivity contribution >= 4 is 28.9 Å². The maximum absolute atomic E-state index is 13.1. The van der Waals surface area contributed by atoms with Crippen LogP contribution in [0.2, 0.25) is 0 Å². The molecule has 46 heavy (non-hydrogen) atoms. The van der Waals surface area contributed by atoms with Crippen LogP contribution < -0.4 is 11.1 Å². The summed E-state index contributed by atoms with van der Waals surface area (Å²) in [5.74, 6) is 7.75. The molecule has 0 unspecified atom stereocenters. The lowest BCUT2D eigenvalue weighted by Crippen LogP contribution is -2.46. The first kappa shape index (κ1) is 30.9. The number of nitrogens with one attached hydrogen (secondary N) is 3. The van der Waals surface area contributed by atoms with Gasteiger partial charge in [0.15, 0.2) is 0 Å². The van der Waals surface area contributed by atoms with E-state index in [1.165, 1.54) is 7.11 Å². The van der Waals surface area contributed by atoms with E-state index in [-0.39, 0.29) is 23.9 Å². The Morgan fingerprint density at radius 3 is 2.28 bits per heavy atom. The number of methoxy groups -OCH3 is 1. The third kappa shape index (κ3) is 6.32. The Kier molecular flexibility index (Phi) is 8.76. The van der Waals surface area contributed by atoms with Crippen LogP contribution in [0.15, 0.2) is 48.7 Å². The molecule has 2 fully saturated rings. The largest absolute Gasteiger partial charge is 0.453 e. The summed E-state index contributed by atoms with van der Waals surface area (Å²) < 4.78 is 4.63. The first-order chi connectivity index (χ1) is 22.2. The number of H-pyrrole nitrogens is 2. The fourth-order valence-corrected chi connectivity index (χ4v) is 6.23. The Morgan fingerprint density at radius 1 is 0.935 bits per heavy atom. The molecule has 4 heterocycles. The van der Waals surface area contributed by atoms with Gasteiger partial charge in [-0.15, -0.1) is 0 Å². The summed E-state index contributed by atoms with van der Waals surface area (Å²) in [5.41, 5.74) is 11.1. The highest BCUT2D eigenvalue weighted by Crippen LogP contribution is 2.33. The zero-order valence-corrected chi connectivity index (χ0v) is 26.2. The van der Waals surface area contributed by atoms with Crippen molar-refractivity contribution in [1.29, 1.82) is 0 Å². The Balaban J connectivity index is 1.13. The third-order valence-corrected chi connectivity index (χ3v) is 8.63. The molecular formula is C34H38N8O4. The number of ether oxygens (including phenoxy) is 1. The summed E-state index contributed by atoms with van der Waals surface area (Å²) in [6.07, 6.45) is 4.59. The highest BCUT2D eigenvalue weighted by molar-refractivity contribution is 5.86. The van der Waals surface area contributed by atoms with Gasteiger partial charge in [-0.2, -0.15) is 0 Å². The van der Waals surface area contributed by atoms with Crippen LogP contribution in [0.4, 0.5) is 4.79 Å². The van der Waals surface area contributed by atoms with Crippen LogP contribution in [-0.4, -0.2) is 79.9 Å². The van der Waals surface area contributed by atoms with E-state index >= 15 is 0 Å². The minimum Gasteiger partial charge on any atom is -0.453 e. The molecule has 2 aliphatic rings. The average Bonchev–Trinajstić information content (AvgIpc) is 3.88. The molecule has 0 aliphatic carbocycles. The molecule has 3 amide bonds. The molecule has 0 spiro atoms. The van der Waals surface area contributed by atoms with Crippen molar-refractivity contribution in [2.45, 2.75) is 63.7 Å². The molecule has 5 N–H and O–H groups in total. The summed E-state index contributed by atoms with van der Waals surface area (Å²) >= 11 is 0. The van der Waals surface area contributed by atoms with E-state index in [2.05, 4.69) is 36.8 Å². The van der Waals surface area contributed by atoms with Crippen LogP contribution >= 0.6 is 0 Å². The Labute approximate surface area is 267 Å². The average molecular weight is 623 g/mol. The molecule has 2 aromatic heterocycles. The van der Waals surface area contributed by atoms with Gasteiger partial charge in [0, 0.05) is 24.2 Å². The summed E-state index contributed by atoms with van der Waals surface area (Å²) in [6, 6.07) is 12.2. The molecule has 238 valence electrons. The number of amides is 3. The van der Waals surface area contributed by atoms with Gasteiger partial charge < -0.3 is 35.6 Å². The van der Waals surface area contributed by atoms with Crippen molar-refractivity contribution in [2.75, 3.05) is 20.2 Å². The van der Waals surface area contributed by atoms with Crippen molar-refractivity contribution in [3.05, 3.63) is 71.4 Å². The standard InChI is InChI=1S/C34H38N8O4/c1-20(35)32(43)41-16-4-6-28(41)30-36-19-27(40-30)24-13-10-22(11-14-24)8-9-23-12-15-25-26(18-23)39-31(38-25)29-7-5-17-42(29)33(44)21(2)37-34(45)46-3/h10-15,18-21,28-29H,4-7,16-17,35H2,1-3H3,(H,36,40)(H,37,45)(H,38,39)/t20-,21-,28-,29-/m0/s1. The molecule has 4 atom stereocenters. The van der Waals surface area contributed by atoms with Crippen molar-refractivity contribution in [2.24, 2.45) is 5.73 Å². The molecule has 6 rings (SSSR count). The quantitative estimate of drug-likeness (QED) is 0.238. The summed E-state index contributed by atoms with van der Waals surface area (Å²) in [7, 11) is 1.27. The van der Waals surface area contributed by atoms with Crippen LogP contribution in [0, 0.1) is 11.8 Å². The maximum atomic E-state index is 13.1. The third-order valence-electron chi connectivity index (χ3n) is 8.63. The second-order valence-corrected chi connectivity index (χ2v) is 11.9. The van der Waals surface area contributed by atoms with Crippen LogP contribution in [0.5, 0.6) is 0 Å². The first-order valence-corrected chi connectivity index (χ1v) is 15.6. The fraction of sp³-hybridized carbons (Fsp3) is 0.382. The second-order valence-electron chi connectivity index (χ2n) is 11.9. The number of carbonyl (C=O) groups excluding carboxylic acids is 3. The topological polar surface area (TPSA) is 162 Å². The number of rotatable bonds is 6. The number of fused-ring (bicyclic) bond motifs is 1. The van der Waals surface area contributed by atoms with Gasteiger partial charge in [-0.1, -0.05) is 24.0 Å². The summed E-state index contributed by atoms with van der Waals surface area (Å²) in [5, 5.41) is 2.55. The minimum atomic E-state index is -0.703. The van der Waals surface area contributed by atoms with Gasteiger partial charge in [0.25, 0.3) is 0 Å². The number of hydrogen-bond acceptors (Lipinski definition) is 7. The number of alkyl carbamates (subject to hydrolysis) is 1. The number of nitrogens with two attached hydrogens (primary N) is 1. The van der Waals surface area contributed by atoms with E-state index in [0.29, 0.717) is 13.1 Å². The number of imidazole rings is 2. The number of aromatic nitrogens is 4. The predicted octanol–water partition coefficient (Wildman–Crippen LogP) is 3.77. The highest BCUT2D eigenvalue weighted by atomic mass is 16.5. The lowest BCUT2D eigenvalue weighted by Gasteiger charge is -2.26. The molecule has 12 nitrogen and oxygen atoms in total. The predicted molar refractivity (Wildman–Crippen MR) is 172 cm³/mol. The smallest absolute Gasteiger partial charge is 0.407 e. The van der Waals surface area contributed by atoms with Gasteiger partial charge in [0.1, 0.15) is 17.7 Å². The number of hydrogen-bond donors (Lipinski definition) is 4. The molecule has 0 radical (unpaired) electrons. The van der Waals surface area contributed by atoms with Crippen LogP contribution in [-0.2, 0) is 14.3 Å². The number of likely N-dealkylation sites (tertiary alicyclic amines) is 2. The monoisotopic (exact) mass is 622 g/mol. The molecule has 0 bridgehead atoms. The van der Waals surface area contributed by atoms with Gasteiger partial charge in [-0.3, -0.25) is 9.59 Å². The minimum absolute atomic E-state index is 0.0519. The van der Waals surface area contributed by atoms with Crippen molar-refractivity contribution in [3.63, 3.8) is 0 Å². The number of nitrogens with zero attached hydrogens (tertiary/aromatic N) is 4. The van der Waals surface area contributed by atoms with E-state index in [1.54, 1.807) is 24.9 Å². The Morgan fingerprint density at radius 2 is 1.59 bits per heavy atom. The first-order valence-electron chi connectivity index (χ1n) is 15.6. The van der Waals surface area contributed by atoms with Crippen molar-refractivity contribution in [1.82, 2.24) is 35.1 Å². The van der Waals surface area contributed by atoms with E-state index in [0.717, 1.165) is 70.7 Å². The molecule has 2 aliphatic heterocycles. The van der Waals surface area contributed by atoms with E-state index < -0.39 is 18.2 Å². The van der Waals surface area contributed by atoms with Crippen LogP contribution in [0.25, 0.3) is 22.3 Å². The SMILES string of the molecule is COC(=O)N[C@@H](C)C(=O)N1CCC[C@H]1c1nc2ccc(C#Cc3ccc(-c4cnc([C@@H]5CCCN5C(=O)[C@H](C)N)[nH]4)cc3)cc2[nH]1. The number of aromatic amines is 2. The van der Waals surface area contributed by atoms with Crippen molar-refractivity contribution < 1.29 is 19.1 Å². The van der Waals surface area contributed by atoms with E-state index in [4.69, 9.17) is 10.7 Å². The van der Waals surface area contributed by atoms with Gasteiger partial charge in [-0.05, 0) is 75.4 Å². The second kappa shape index (κ2) is 13.1. The van der Waals surface area contributed by atoms with Crippen molar-refractivity contribution in [3.8, 4) is 23.1 Å². The van der Waals surface area contributed by atoms with E-state index in [1.807, 2.05) is 47.4 Å². The number of benzene rings is 2. The molecule has 2 saturated heterocycles.